The maximum absolute atomic E-state index is 12.8. The number of rotatable bonds is 60. The molecule has 0 fully saturated rings. The number of allylic oxidation sites excluding steroid dienone is 20. The minimum Gasteiger partial charge on any atom is -0.462 e. The summed E-state index contributed by atoms with van der Waals surface area (Å²) in [6.45, 7) is 6.42. The number of hydrogen-bond donors (Lipinski definition) is 0. The van der Waals surface area contributed by atoms with Crippen LogP contribution < -0.4 is 0 Å². The van der Waals surface area contributed by atoms with E-state index in [9.17, 15) is 14.4 Å². The molecule has 456 valence electrons. The van der Waals surface area contributed by atoms with E-state index in [2.05, 4.69) is 142 Å². The second-order valence-electron chi connectivity index (χ2n) is 22.0. The molecule has 0 aliphatic rings. The summed E-state index contributed by atoms with van der Waals surface area (Å²) < 4.78 is 16.8. The maximum atomic E-state index is 12.8. The zero-order valence-corrected chi connectivity index (χ0v) is 52.3. The standard InChI is InChI=1S/C74H124O6/c1-4-7-10-13-16-18-20-22-24-26-28-30-32-33-34-35-36-37-38-39-40-41-43-44-46-48-50-52-54-56-58-61-64-67-73(76)79-70-71(69-78-72(75)66-63-60-15-12-9-6-3)80-74(77)68-65-62-59-57-55-53-51-49-47-45-42-31-29-27-25-23-21-19-17-14-11-8-5-2/h8,11,17,19-20,22-23,25-26,28-29,31-33,45,47,51,53,57,59,71H,4-7,9-10,12-16,18,21,24,27,30,34-44,46,48-50,52,54-56,58,60-70H2,1-3H3/b11-8-,19-17-,22-20-,25-23-,28-26-,31-29-,33-32-,47-45-,53-51-,59-57-. The Kier molecular flexibility index (Phi) is 63.8. The smallest absolute Gasteiger partial charge is 0.306 e. The van der Waals surface area contributed by atoms with Crippen molar-refractivity contribution in [1.29, 1.82) is 0 Å². The molecule has 6 nitrogen and oxygen atoms in total. The van der Waals surface area contributed by atoms with Gasteiger partial charge in [-0.1, -0.05) is 303 Å². The Morgan fingerprint density at radius 3 is 0.800 bits per heavy atom. The molecule has 0 saturated heterocycles. The van der Waals surface area contributed by atoms with Gasteiger partial charge in [-0.3, -0.25) is 14.4 Å². The van der Waals surface area contributed by atoms with Gasteiger partial charge in [0.1, 0.15) is 13.2 Å². The highest BCUT2D eigenvalue weighted by atomic mass is 16.6. The Balaban J connectivity index is 4.10. The molecular formula is C74H124O6. The van der Waals surface area contributed by atoms with Gasteiger partial charge in [0, 0.05) is 19.3 Å². The van der Waals surface area contributed by atoms with Gasteiger partial charge < -0.3 is 14.2 Å². The minimum atomic E-state index is -0.808. The molecule has 6 heteroatoms. The predicted octanol–water partition coefficient (Wildman–Crippen LogP) is 23.2. The van der Waals surface area contributed by atoms with Crippen molar-refractivity contribution in [2.24, 2.45) is 0 Å². The molecule has 0 aromatic rings. The first-order valence-electron chi connectivity index (χ1n) is 33.5. The first-order valence-corrected chi connectivity index (χ1v) is 33.5. The topological polar surface area (TPSA) is 78.9 Å². The van der Waals surface area contributed by atoms with Crippen molar-refractivity contribution in [1.82, 2.24) is 0 Å². The second kappa shape index (κ2) is 67.3. The lowest BCUT2D eigenvalue weighted by Crippen LogP contribution is -2.30. The quantitative estimate of drug-likeness (QED) is 0.0261. The number of esters is 3. The molecule has 0 saturated carbocycles. The van der Waals surface area contributed by atoms with Gasteiger partial charge in [0.25, 0.3) is 0 Å². The van der Waals surface area contributed by atoms with Crippen LogP contribution in [-0.2, 0) is 28.6 Å². The molecule has 1 atom stereocenters. The van der Waals surface area contributed by atoms with E-state index in [1.807, 2.05) is 0 Å². The number of hydrogen-bond acceptors (Lipinski definition) is 6. The Labute approximate surface area is 494 Å². The minimum absolute atomic E-state index is 0.101. The monoisotopic (exact) mass is 1110 g/mol. The summed E-state index contributed by atoms with van der Waals surface area (Å²) in [6.07, 6.45) is 94.1. The summed E-state index contributed by atoms with van der Waals surface area (Å²) in [6, 6.07) is 0. The molecule has 0 radical (unpaired) electrons. The van der Waals surface area contributed by atoms with E-state index in [4.69, 9.17) is 14.2 Å². The van der Waals surface area contributed by atoms with Gasteiger partial charge in [-0.15, -0.1) is 0 Å². The van der Waals surface area contributed by atoms with Crippen LogP contribution in [0.2, 0.25) is 0 Å². The van der Waals surface area contributed by atoms with E-state index < -0.39 is 6.10 Å². The fourth-order valence-corrected chi connectivity index (χ4v) is 9.21. The lowest BCUT2D eigenvalue weighted by Gasteiger charge is -2.18. The fraction of sp³-hybridized carbons (Fsp3) is 0.689. The molecule has 0 aromatic heterocycles. The molecule has 1 unspecified atom stereocenters. The summed E-state index contributed by atoms with van der Waals surface area (Å²) in [5.74, 6) is -0.966. The number of carbonyl (C=O) groups excluding carboxylic acids is 3. The third-order valence-corrected chi connectivity index (χ3v) is 14.2. The van der Waals surface area contributed by atoms with Crippen LogP contribution in [0.15, 0.2) is 122 Å². The summed E-state index contributed by atoms with van der Waals surface area (Å²) >= 11 is 0. The molecule has 0 amide bonds. The van der Waals surface area contributed by atoms with Crippen LogP contribution in [0.5, 0.6) is 0 Å². The van der Waals surface area contributed by atoms with E-state index in [0.717, 1.165) is 103 Å². The highest BCUT2D eigenvalue weighted by Crippen LogP contribution is 2.16. The van der Waals surface area contributed by atoms with E-state index in [1.54, 1.807) is 0 Å². The Morgan fingerprint density at radius 1 is 0.263 bits per heavy atom. The normalized spacial score (nSPS) is 12.9. The zero-order valence-electron chi connectivity index (χ0n) is 52.3. The maximum Gasteiger partial charge on any atom is 0.306 e. The molecule has 0 aliphatic heterocycles. The fourth-order valence-electron chi connectivity index (χ4n) is 9.21. The van der Waals surface area contributed by atoms with Crippen molar-refractivity contribution >= 4 is 17.9 Å². The lowest BCUT2D eigenvalue weighted by atomic mass is 10.0. The van der Waals surface area contributed by atoms with Crippen molar-refractivity contribution in [3.63, 3.8) is 0 Å². The first kappa shape index (κ1) is 75.8. The average molecular weight is 1110 g/mol. The van der Waals surface area contributed by atoms with Gasteiger partial charge in [-0.25, -0.2) is 0 Å². The van der Waals surface area contributed by atoms with E-state index in [0.29, 0.717) is 19.3 Å². The number of ether oxygens (including phenoxy) is 3. The average Bonchev–Trinajstić information content (AvgIpc) is 3.46. The summed E-state index contributed by atoms with van der Waals surface area (Å²) in [5, 5.41) is 0. The Hall–Kier alpha value is -4.19. The third-order valence-electron chi connectivity index (χ3n) is 14.2. The highest BCUT2D eigenvalue weighted by Gasteiger charge is 2.19. The summed E-state index contributed by atoms with van der Waals surface area (Å²) in [4.78, 5) is 38.0. The van der Waals surface area contributed by atoms with Gasteiger partial charge in [0.15, 0.2) is 6.10 Å². The van der Waals surface area contributed by atoms with Crippen molar-refractivity contribution in [3.8, 4) is 0 Å². The molecular weight excluding hydrogens is 985 g/mol. The largest absolute Gasteiger partial charge is 0.462 e. The molecule has 80 heavy (non-hydrogen) atoms. The van der Waals surface area contributed by atoms with Crippen LogP contribution in [0.3, 0.4) is 0 Å². The first-order chi connectivity index (χ1) is 39.5. The molecule has 0 heterocycles. The number of unbranched alkanes of at least 4 members (excludes halogenated alkanes) is 29. The van der Waals surface area contributed by atoms with Crippen LogP contribution in [0.4, 0.5) is 0 Å². The molecule has 0 spiro atoms. The van der Waals surface area contributed by atoms with E-state index in [1.165, 1.54) is 161 Å². The predicted molar refractivity (Wildman–Crippen MR) is 348 cm³/mol. The second-order valence-corrected chi connectivity index (χ2v) is 22.0. The van der Waals surface area contributed by atoms with Gasteiger partial charge >= 0.3 is 17.9 Å². The van der Waals surface area contributed by atoms with Crippen LogP contribution in [0, 0.1) is 0 Å². The van der Waals surface area contributed by atoms with Crippen molar-refractivity contribution in [3.05, 3.63) is 122 Å². The SMILES string of the molecule is CC/C=C\C/C=C\C/C=C\C/C=C\C/C=C\C/C=C\C/C=C\CCCC(=O)OC(COC(=O)CCCCCCCC)COC(=O)CCCCCCCCCCCCCCCCCCCC/C=C\C/C=C\C/C=C\CCCCCCC. The molecule has 0 bridgehead atoms. The van der Waals surface area contributed by atoms with E-state index in [-0.39, 0.29) is 37.5 Å². The number of carbonyl (C=O) groups is 3. The molecule has 0 rings (SSSR count). The molecule has 0 N–H and O–H groups in total. The van der Waals surface area contributed by atoms with Crippen molar-refractivity contribution in [2.75, 3.05) is 13.2 Å². The lowest BCUT2D eigenvalue weighted by molar-refractivity contribution is -0.167. The Morgan fingerprint density at radius 2 is 0.500 bits per heavy atom. The third kappa shape index (κ3) is 64.6. The summed E-state index contributed by atoms with van der Waals surface area (Å²) in [7, 11) is 0. The zero-order chi connectivity index (χ0) is 57.8. The summed E-state index contributed by atoms with van der Waals surface area (Å²) in [5.41, 5.74) is 0. The van der Waals surface area contributed by atoms with E-state index >= 15 is 0 Å². The van der Waals surface area contributed by atoms with Crippen LogP contribution in [0.25, 0.3) is 0 Å². The molecule has 0 aromatic carbocycles. The van der Waals surface area contributed by atoms with Gasteiger partial charge in [0.2, 0.25) is 0 Å². The highest BCUT2D eigenvalue weighted by molar-refractivity contribution is 5.71. The van der Waals surface area contributed by atoms with Crippen LogP contribution >= 0.6 is 0 Å². The van der Waals surface area contributed by atoms with Crippen molar-refractivity contribution in [2.45, 2.75) is 316 Å². The van der Waals surface area contributed by atoms with Gasteiger partial charge in [-0.05, 0) is 109 Å². The van der Waals surface area contributed by atoms with Crippen LogP contribution in [0.1, 0.15) is 310 Å². The van der Waals surface area contributed by atoms with Gasteiger partial charge in [-0.2, -0.15) is 0 Å². The van der Waals surface area contributed by atoms with Crippen molar-refractivity contribution < 1.29 is 28.6 Å². The van der Waals surface area contributed by atoms with Gasteiger partial charge in [0.05, 0.1) is 0 Å². The van der Waals surface area contributed by atoms with Crippen LogP contribution in [-0.4, -0.2) is 37.2 Å². The molecule has 0 aliphatic carbocycles. The Bertz CT molecular complexity index is 1650.